The van der Waals surface area contributed by atoms with E-state index in [0.717, 1.165) is 41.0 Å². The molecule has 0 aliphatic carbocycles. The first-order valence-corrected chi connectivity index (χ1v) is 14.1. The van der Waals surface area contributed by atoms with Gasteiger partial charge >= 0.3 is 16.1 Å². The summed E-state index contributed by atoms with van der Waals surface area (Å²) in [5.74, 6) is -1.83. The SMILES string of the molecule is CC(=O)OCC1=C(S(=O)(=O)Oc2ccc([N+](=O)[O-])cc2)N2C(=O)[C@@](C)(NC(=O)Cc3cccs3)[C@@H]2SC1. The standard InChI is InChI=1S/C22H21N3O9S3/c1-13(26)33-11-14-12-36-21-22(2,23-18(27)10-17-4-3-9-35-17)20(28)24(21)19(14)37(31,32)34-16-7-5-15(6-8-16)25(29)30/h3-9,21H,10-12H2,1-2H3,(H,23,27)/t21-,22+/m0/s1. The number of amides is 2. The molecule has 1 aromatic heterocycles. The number of hydrogen-bond donors (Lipinski definition) is 1. The highest BCUT2D eigenvalue weighted by molar-refractivity contribution is 8.00. The number of thioether (sulfide) groups is 1. The third kappa shape index (κ3) is 5.33. The number of esters is 1. The number of hydrogen-bond acceptors (Lipinski definition) is 11. The molecule has 2 aliphatic heterocycles. The molecular formula is C22H21N3O9S3. The Kier molecular flexibility index (Phi) is 7.30. The average Bonchev–Trinajstić information content (AvgIpc) is 3.34. The van der Waals surface area contributed by atoms with Crippen LogP contribution in [0.25, 0.3) is 0 Å². The van der Waals surface area contributed by atoms with Gasteiger partial charge in [0, 0.05) is 35.3 Å². The molecule has 0 unspecified atom stereocenters. The number of carbonyl (C=O) groups is 3. The van der Waals surface area contributed by atoms with Crippen LogP contribution >= 0.6 is 23.1 Å². The minimum absolute atomic E-state index is 0.0693. The summed E-state index contributed by atoms with van der Waals surface area (Å²) in [7, 11) is -4.65. The summed E-state index contributed by atoms with van der Waals surface area (Å²) in [6, 6.07) is 7.98. The highest BCUT2D eigenvalue weighted by atomic mass is 32.2. The second kappa shape index (κ2) is 10.1. The van der Waals surface area contributed by atoms with Crippen LogP contribution in [0.1, 0.15) is 18.7 Å². The highest BCUT2D eigenvalue weighted by Gasteiger charge is 2.63. The molecular weight excluding hydrogens is 546 g/mol. The average molecular weight is 568 g/mol. The number of nitro groups is 1. The summed E-state index contributed by atoms with van der Waals surface area (Å²) in [5.41, 5.74) is -1.51. The number of ether oxygens (including phenoxy) is 1. The maximum Gasteiger partial charge on any atom is 0.355 e. The van der Waals surface area contributed by atoms with Crippen LogP contribution in [0.4, 0.5) is 5.69 Å². The number of carbonyl (C=O) groups excluding carboxylic acids is 3. The van der Waals surface area contributed by atoms with Crippen molar-refractivity contribution in [2.24, 2.45) is 0 Å². The predicted molar refractivity (Wildman–Crippen MR) is 134 cm³/mol. The number of thiophene rings is 1. The molecule has 0 saturated carbocycles. The van der Waals surface area contributed by atoms with Crippen molar-refractivity contribution in [1.29, 1.82) is 0 Å². The number of nitrogens with one attached hydrogen (secondary N) is 1. The van der Waals surface area contributed by atoms with Crippen molar-refractivity contribution >= 4 is 56.7 Å². The zero-order chi connectivity index (χ0) is 27.0. The molecule has 12 nitrogen and oxygen atoms in total. The molecule has 0 spiro atoms. The van der Waals surface area contributed by atoms with Crippen molar-refractivity contribution in [3.8, 4) is 5.75 Å². The van der Waals surface area contributed by atoms with Gasteiger partial charge in [-0.3, -0.25) is 29.4 Å². The van der Waals surface area contributed by atoms with Crippen LogP contribution in [-0.4, -0.2) is 59.3 Å². The van der Waals surface area contributed by atoms with Crippen molar-refractivity contribution in [3.05, 3.63) is 67.4 Å². The van der Waals surface area contributed by atoms with Gasteiger partial charge in [0.25, 0.3) is 11.6 Å². The van der Waals surface area contributed by atoms with E-state index in [9.17, 15) is 32.9 Å². The molecule has 1 aromatic carbocycles. The maximum atomic E-state index is 13.4. The van der Waals surface area contributed by atoms with Gasteiger partial charge in [0.05, 0.1) is 11.3 Å². The lowest BCUT2D eigenvalue weighted by atomic mass is 9.89. The summed E-state index contributed by atoms with van der Waals surface area (Å²) in [6.07, 6.45) is 0.0693. The number of fused-ring (bicyclic) bond motifs is 1. The van der Waals surface area contributed by atoms with Crippen molar-refractivity contribution < 1.29 is 36.6 Å². The first kappa shape index (κ1) is 26.6. The van der Waals surface area contributed by atoms with Gasteiger partial charge in [-0.05, 0) is 30.5 Å². The lowest BCUT2D eigenvalue weighted by Gasteiger charge is -2.55. The highest BCUT2D eigenvalue weighted by Crippen LogP contribution is 2.47. The van der Waals surface area contributed by atoms with Crippen LogP contribution in [-0.2, 0) is 35.7 Å². The van der Waals surface area contributed by atoms with E-state index in [1.165, 1.54) is 30.0 Å². The van der Waals surface area contributed by atoms with Crippen molar-refractivity contribution in [3.63, 3.8) is 0 Å². The first-order valence-electron chi connectivity index (χ1n) is 10.8. The number of benzene rings is 1. The molecule has 2 aliphatic rings. The number of nitrogens with zero attached hydrogens (tertiary/aromatic N) is 2. The molecule has 4 rings (SSSR count). The van der Waals surface area contributed by atoms with Gasteiger partial charge in [0.15, 0.2) is 5.03 Å². The third-order valence-corrected chi connectivity index (χ3v) is 9.34. The largest absolute Gasteiger partial charge is 0.461 e. The molecule has 1 saturated heterocycles. The van der Waals surface area contributed by atoms with Crippen molar-refractivity contribution in [2.45, 2.75) is 31.2 Å². The molecule has 0 radical (unpaired) electrons. The Morgan fingerprint density at radius 2 is 1.97 bits per heavy atom. The monoisotopic (exact) mass is 567 g/mol. The van der Waals surface area contributed by atoms with Crippen LogP contribution < -0.4 is 9.50 Å². The summed E-state index contributed by atoms with van der Waals surface area (Å²) in [5, 5.41) is 14.2. The van der Waals surface area contributed by atoms with E-state index in [-0.39, 0.29) is 35.1 Å². The van der Waals surface area contributed by atoms with Gasteiger partial charge < -0.3 is 14.2 Å². The Morgan fingerprint density at radius 1 is 1.27 bits per heavy atom. The second-order valence-electron chi connectivity index (χ2n) is 8.32. The summed E-state index contributed by atoms with van der Waals surface area (Å²) >= 11 is 2.61. The fraction of sp³-hybridized carbons (Fsp3) is 0.318. The lowest BCUT2D eigenvalue weighted by Crippen LogP contribution is -2.78. The second-order valence-corrected chi connectivity index (χ2v) is 11.9. The van der Waals surface area contributed by atoms with E-state index in [1.807, 2.05) is 5.38 Å². The summed E-state index contributed by atoms with van der Waals surface area (Å²) in [4.78, 5) is 49.4. The Hall–Kier alpha value is -3.43. The Labute approximate surface area is 219 Å². The van der Waals surface area contributed by atoms with Crippen LogP contribution in [0.15, 0.2) is 52.4 Å². The summed E-state index contributed by atoms with van der Waals surface area (Å²) in [6.45, 7) is 2.29. The van der Waals surface area contributed by atoms with E-state index in [2.05, 4.69) is 5.32 Å². The molecule has 1 fully saturated rings. The van der Waals surface area contributed by atoms with Crippen molar-refractivity contribution in [1.82, 2.24) is 10.2 Å². The number of non-ortho nitro benzene ring substituents is 1. The normalized spacial score (nSPS) is 21.1. The first-order chi connectivity index (χ1) is 17.4. The van der Waals surface area contributed by atoms with E-state index in [0.29, 0.717) is 0 Å². The van der Waals surface area contributed by atoms with Crippen LogP contribution in [0.3, 0.4) is 0 Å². The Balaban J connectivity index is 1.61. The molecule has 3 heterocycles. The van der Waals surface area contributed by atoms with Gasteiger partial charge in [-0.1, -0.05) is 6.07 Å². The minimum Gasteiger partial charge on any atom is -0.461 e. The Bertz CT molecular complexity index is 1390. The van der Waals surface area contributed by atoms with Gasteiger partial charge in [0.2, 0.25) is 5.91 Å². The smallest absolute Gasteiger partial charge is 0.355 e. The molecule has 2 amide bonds. The van der Waals surface area contributed by atoms with Crippen LogP contribution in [0, 0.1) is 10.1 Å². The maximum absolute atomic E-state index is 13.4. The van der Waals surface area contributed by atoms with Gasteiger partial charge in [-0.15, -0.1) is 23.1 Å². The molecule has 2 aromatic rings. The molecule has 0 bridgehead atoms. The minimum atomic E-state index is -4.65. The van der Waals surface area contributed by atoms with Gasteiger partial charge in [-0.25, -0.2) is 0 Å². The fourth-order valence-electron chi connectivity index (χ4n) is 3.91. The Morgan fingerprint density at radius 3 is 2.57 bits per heavy atom. The van der Waals surface area contributed by atoms with Gasteiger partial charge in [-0.2, -0.15) is 8.42 Å². The predicted octanol–water partition coefficient (Wildman–Crippen LogP) is 2.17. The molecule has 15 heteroatoms. The number of β-lactam (4-membered cyclic amide) rings is 1. The number of rotatable bonds is 9. The zero-order valence-electron chi connectivity index (χ0n) is 19.5. The van der Waals surface area contributed by atoms with Gasteiger partial charge in [0.1, 0.15) is 23.3 Å². The van der Waals surface area contributed by atoms with E-state index < -0.39 is 49.5 Å². The quantitative estimate of drug-likeness (QED) is 0.156. The molecule has 37 heavy (non-hydrogen) atoms. The topological polar surface area (TPSA) is 162 Å². The van der Waals surface area contributed by atoms with E-state index in [1.54, 1.807) is 12.1 Å². The number of nitro benzene ring substituents is 1. The third-order valence-electron chi connectivity index (χ3n) is 5.58. The summed E-state index contributed by atoms with van der Waals surface area (Å²) < 4.78 is 36.9. The fourth-order valence-corrected chi connectivity index (χ4v) is 7.55. The molecule has 196 valence electrons. The van der Waals surface area contributed by atoms with E-state index in [4.69, 9.17) is 8.92 Å². The molecule has 2 atom stereocenters. The zero-order valence-corrected chi connectivity index (χ0v) is 22.0. The van der Waals surface area contributed by atoms with Crippen LogP contribution in [0.2, 0.25) is 0 Å². The molecule has 1 N–H and O–H groups in total. The van der Waals surface area contributed by atoms with Crippen molar-refractivity contribution in [2.75, 3.05) is 12.4 Å². The van der Waals surface area contributed by atoms with Crippen LogP contribution in [0.5, 0.6) is 5.75 Å². The lowest BCUT2D eigenvalue weighted by molar-refractivity contribution is -0.384. The van der Waals surface area contributed by atoms with E-state index >= 15 is 0 Å².